The van der Waals surface area contributed by atoms with Crippen LogP contribution in [-0.4, -0.2) is 18.6 Å². The number of halogens is 1. The maximum absolute atomic E-state index is 4.67. The van der Waals surface area contributed by atoms with Crippen LogP contribution in [0.1, 0.15) is 23.1 Å². The average Bonchev–Trinajstić information content (AvgIpc) is 2.70. The van der Waals surface area contributed by atoms with E-state index in [-0.39, 0.29) is 0 Å². The fraction of sp³-hybridized carbons (Fsp3) is 0.353. The molecule has 110 valence electrons. The van der Waals surface area contributed by atoms with E-state index in [0.717, 1.165) is 36.3 Å². The minimum absolute atomic E-state index is 0.833. The van der Waals surface area contributed by atoms with Crippen molar-refractivity contribution in [1.29, 1.82) is 0 Å². The lowest BCUT2D eigenvalue weighted by Crippen LogP contribution is -2.25. The van der Waals surface area contributed by atoms with Gasteiger partial charge in [-0.2, -0.15) is 0 Å². The predicted molar refractivity (Wildman–Crippen MR) is 90.5 cm³/mol. The molecule has 0 saturated heterocycles. The zero-order valence-electron chi connectivity index (χ0n) is 12.3. The van der Waals surface area contributed by atoms with Gasteiger partial charge in [-0.25, -0.2) is 4.98 Å². The molecule has 1 aliphatic heterocycles. The summed E-state index contributed by atoms with van der Waals surface area (Å²) < 4.78 is 1.03. The number of aryl methyl sites for hydroxylation is 1. The molecule has 0 aliphatic carbocycles. The molecule has 1 aromatic heterocycles. The first-order chi connectivity index (χ1) is 10.3. The largest absolute Gasteiger partial charge is 0.352 e. The van der Waals surface area contributed by atoms with Crippen LogP contribution < -0.4 is 10.2 Å². The normalized spacial score (nSPS) is 14.7. The van der Waals surface area contributed by atoms with Crippen LogP contribution in [0, 0.1) is 0 Å². The molecule has 1 aromatic carbocycles. The van der Waals surface area contributed by atoms with Gasteiger partial charge in [0.1, 0.15) is 5.82 Å². The molecule has 0 amide bonds. The molecular weight excluding hydrogens is 326 g/mol. The molecule has 0 spiro atoms. The number of rotatable bonds is 3. The van der Waals surface area contributed by atoms with E-state index < -0.39 is 0 Å². The summed E-state index contributed by atoms with van der Waals surface area (Å²) in [6.07, 6.45) is 4.23. The molecule has 1 aliphatic rings. The summed E-state index contributed by atoms with van der Waals surface area (Å²) in [7, 11) is 1.97. The Morgan fingerprint density at radius 2 is 2.10 bits per heavy atom. The van der Waals surface area contributed by atoms with Crippen molar-refractivity contribution in [2.24, 2.45) is 0 Å². The maximum atomic E-state index is 4.67. The summed E-state index contributed by atoms with van der Waals surface area (Å²) in [5.41, 5.74) is 4.15. The Hall–Kier alpha value is -1.39. The monoisotopic (exact) mass is 345 g/mol. The Balaban J connectivity index is 1.94. The fourth-order valence-corrected chi connectivity index (χ4v) is 3.34. The minimum Gasteiger partial charge on any atom is -0.352 e. The van der Waals surface area contributed by atoms with Crippen LogP contribution in [0.5, 0.6) is 0 Å². The van der Waals surface area contributed by atoms with Crippen LogP contribution in [0.2, 0.25) is 0 Å². The Labute approximate surface area is 134 Å². The summed E-state index contributed by atoms with van der Waals surface area (Å²) >= 11 is 3.52. The second kappa shape index (κ2) is 6.58. The summed E-state index contributed by atoms with van der Waals surface area (Å²) in [5, 5.41) is 3.24. The Kier molecular flexibility index (Phi) is 4.56. The number of nitrogens with zero attached hydrogens (tertiary/aromatic N) is 2. The number of hydrogen-bond donors (Lipinski definition) is 1. The lowest BCUT2D eigenvalue weighted by molar-refractivity contribution is 0.735. The van der Waals surface area contributed by atoms with Crippen molar-refractivity contribution in [3.05, 3.63) is 57.7 Å². The highest BCUT2D eigenvalue weighted by atomic mass is 79.9. The molecule has 2 aromatic rings. The molecule has 1 N–H and O–H groups in total. The van der Waals surface area contributed by atoms with Crippen LogP contribution in [0.25, 0.3) is 0 Å². The van der Waals surface area contributed by atoms with Gasteiger partial charge in [-0.05, 0) is 53.0 Å². The predicted octanol–water partition coefficient (Wildman–Crippen LogP) is 3.52. The summed E-state index contributed by atoms with van der Waals surface area (Å²) in [6, 6.07) is 10.9. The zero-order chi connectivity index (χ0) is 14.7. The average molecular weight is 346 g/mol. The van der Waals surface area contributed by atoms with Crippen LogP contribution >= 0.6 is 15.9 Å². The van der Waals surface area contributed by atoms with Crippen molar-refractivity contribution >= 4 is 21.7 Å². The Morgan fingerprint density at radius 1 is 1.29 bits per heavy atom. The molecule has 2 heterocycles. The van der Waals surface area contributed by atoms with Crippen molar-refractivity contribution in [1.82, 2.24) is 10.3 Å². The molecule has 0 unspecified atom stereocenters. The van der Waals surface area contributed by atoms with Crippen LogP contribution in [-0.2, 0) is 19.5 Å². The lowest BCUT2D eigenvalue weighted by Gasteiger charge is -2.24. The molecule has 0 radical (unpaired) electrons. The number of aromatic nitrogens is 1. The van der Waals surface area contributed by atoms with Crippen molar-refractivity contribution in [2.45, 2.75) is 25.9 Å². The van der Waals surface area contributed by atoms with E-state index >= 15 is 0 Å². The summed E-state index contributed by atoms with van der Waals surface area (Å²) in [6.45, 7) is 2.83. The first-order valence-corrected chi connectivity index (χ1v) is 8.18. The molecule has 0 bridgehead atoms. The highest BCUT2D eigenvalue weighted by molar-refractivity contribution is 9.10. The van der Waals surface area contributed by atoms with E-state index in [1.54, 1.807) is 0 Å². The third-order valence-corrected chi connectivity index (χ3v) is 4.36. The van der Waals surface area contributed by atoms with Gasteiger partial charge in [-0.1, -0.05) is 24.3 Å². The SMILES string of the molecule is CNCc1cc(Br)cnc1N1CCCc2ccccc2C1. The second-order valence-corrected chi connectivity index (χ2v) is 6.38. The highest BCUT2D eigenvalue weighted by Crippen LogP contribution is 2.26. The molecule has 3 nitrogen and oxygen atoms in total. The first-order valence-electron chi connectivity index (χ1n) is 7.38. The van der Waals surface area contributed by atoms with E-state index in [0.29, 0.717) is 0 Å². The van der Waals surface area contributed by atoms with Gasteiger partial charge >= 0.3 is 0 Å². The molecule has 3 rings (SSSR count). The van der Waals surface area contributed by atoms with Gasteiger partial charge in [-0.15, -0.1) is 0 Å². The molecular formula is C17H20BrN3. The van der Waals surface area contributed by atoms with Gasteiger partial charge in [0.25, 0.3) is 0 Å². The van der Waals surface area contributed by atoms with E-state index in [1.165, 1.54) is 23.1 Å². The van der Waals surface area contributed by atoms with Crippen LogP contribution in [0.4, 0.5) is 5.82 Å². The van der Waals surface area contributed by atoms with E-state index in [4.69, 9.17) is 0 Å². The van der Waals surface area contributed by atoms with Gasteiger partial charge in [-0.3, -0.25) is 0 Å². The van der Waals surface area contributed by atoms with E-state index in [9.17, 15) is 0 Å². The minimum atomic E-state index is 0.833. The number of fused-ring (bicyclic) bond motifs is 1. The van der Waals surface area contributed by atoms with Crippen molar-refractivity contribution in [2.75, 3.05) is 18.5 Å². The van der Waals surface area contributed by atoms with Gasteiger partial charge < -0.3 is 10.2 Å². The molecule has 4 heteroatoms. The van der Waals surface area contributed by atoms with Crippen molar-refractivity contribution < 1.29 is 0 Å². The van der Waals surface area contributed by atoms with Gasteiger partial charge in [0.2, 0.25) is 0 Å². The van der Waals surface area contributed by atoms with Crippen molar-refractivity contribution in [3.63, 3.8) is 0 Å². The number of anilines is 1. The Morgan fingerprint density at radius 3 is 2.90 bits per heavy atom. The standard InChI is InChI=1S/C17H20BrN3/c1-19-10-15-9-16(18)11-20-17(15)21-8-4-7-13-5-2-3-6-14(13)12-21/h2-3,5-6,9,11,19H,4,7-8,10,12H2,1H3. The zero-order valence-corrected chi connectivity index (χ0v) is 13.9. The number of hydrogen-bond acceptors (Lipinski definition) is 3. The second-order valence-electron chi connectivity index (χ2n) is 5.46. The molecule has 21 heavy (non-hydrogen) atoms. The summed E-state index contributed by atoms with van der Waals surface area (Å²) in [5.74, 6) is 1.10. The van der Waals surface area contributed by atoms with Gasteiger partial charge in [0.15, 0.2) is 0 Å². The van der Waals surface area contributed by atoms with E-state index in [2.05, 4.69) is 61.5 Å². The fourth-order valence-electron chi connectivity index (χ4n) is 2.96. The number of nitrogens with one attached hydrogen (secondary N) is 1. The smallest absolute Gasteiger partial charge is 0.133 e. The number of pyridine rings is 1. The number of benzene rings is 1. The highest BCUT2D eigenvalue weighted by Gasteiger charge is 2.18. The van der Waals surface area contributed by atoms with Gasteiger partial charge in [0, 0.05) is 35.9 Å². The molecule has 0 saturated carbocycles. The van der Waals surface area contributed by atoms with Crippen LogP contribution in [0.3, 0.4) is 0 Å². The van der Waals surface area contributed by atoms with E-state index in [1.807, 2.05) is 13.2 Å². The van der Waals surface area contributed by atoms with Crippen LogP contribution in [0.15, 0.2) is 41.0 Å². The first kappa shape index (κ1) is 14.5. The maximum Gasteiger partial charge on any atom is 0.133 e. The topological polar surface area (TPSA) is 28.2 Å². The molecule has 0 fully saturated rings. The molecule has 0 atom stereocenters. The Bertz CT molecular complexity index is 627. The lowest BCUT2D eigenvalue weighted by atomic mass is 10.0. The van der Waals surface area contributed by atoms with Crippen molar-refractivity contribution in [3.8, 4) is 0 Å². The summed E-state index contributed by atoms with van der Waals surface area (Å²) in [4.78, 5) is 7.08. The quantitative estimate of drug-likeness (QED) is 0.922. The third-order valence-electron chi connectivity index (χ3n) is 3.93. The van der Waals surface area contributed by atoms with Gasteiger partial charge in [0.05, 0.1) is 0 Å². The third kappa shape index (κ3) is 3.27.